The molecule has 160 valence electrons. The maximum Gasteiger partial charge on any atom is 0.191 e. The maximum atomic E-state index is 13.7. The number of benzene rings is 2. The van der Waals surface area contributed by atoms with Crippen LogP contribution in [0, 0.1) is 26.6 Å². The Labute approximate surface area is 190 Å². The number of aliphatic imine (C=N–C) groups is 1. The van der Waals surface area contributed by atoms with E-state index in [1.54, 1.807) is 7.05 Å². The van der Waals surface area contributed by atoms with Crippen molar-refractivity contribution < 1.29 is 12.8 Å². The van der Waals surface area contributed by atoms with Gasteiger partial charge in [0.2, 0.25) is 0 Å². The summed E-state index contributed by atoms with van der Waals surface area (Å²) in [6.07, 6.45) is 1.17. The second kappa shape index (κ2) is 10.9. The summed E-state index contributed by atoms with van der Waals surface area (Å²) in [5.74, 6) is 0.0368. The molecule has 2 N–H and O–H groups in total. The molecule has 0 spiro atoms. The summed E-state index contributed by atoms with van der Waals surface area (Å²) in [6.45, 7) is 7.12. The standard InChI is InChI=1S/C21H28FN3O2S.HI/c1-14-8-15(2)20(16(3)9-14)12-25-21(23-4)24-11-18-10-19(22)7-6-17(18)13-28(5,26)27;/h6-10H,11-13H2,1-5H3,(H2,23,24,25);1H. The van der Waals surface area contributed by atoms with E-state index in [-0.39, 0.29) is 36.3 Å². The first kappa shape index (κ1) is 25.4. The second-order valence-corrected chi connectivity index (χ2v) is 9.28. The van der Waals surface area contributed by atoms with Crippen molar-refractivity contribution in [2.24, 2.45) is 4.99 Å². The van der Waals surface area contributed by atoms with Gasteiger partial charge in [-0.2, -0.15) is 0 Å². The van der Waals surface area contributed by atoms with Gasteiger partial charge in [-0.3, -0.25) is 4.99 Å². The Morgan fingerprint density at radius 3 is 2.14 bits per heavy atom. The molecule has 0 aliphatic heterocycles. The summed E-state index contributed by atoms with van der Waals surface area (Å²) in [5.41, 5.74) is 6.03. The van der Waals surface area contributed by atoms with Gasteiger partial charge < -0.3 is 10.6 Å². The van der Waals surface area contributed by atoms with Gasteiger partial charge in [0.05, 0.1) is 5.75 Å². The van der Waals surface area contributed by atoms with E-state index in [1.165, 1.54) is 46.7 Å². The largest absolute Gasteiger partial charge is 0.352 e. The van der Waals surface area contributed by atoms with Crippen LogP contribution in [-0.4, -0.2) is 27.7 Å². The van der Waals surface area contributed by atoms with Crippen molar-refractivity contribution >= 4 is 39.8 Å². The number of hydrogen-bond acceptors (Lipinski definition) is 3. The SMILES string of the molecule is CN=C(NCc1cc(F)ccc1CS(C)(=O)=O)NCc1c(C)cc(C)cc1C.I. The van der Waals surface area contributed by atoms with Gasteiger partial charge in [-0.1, -0.05) is 23.8 Å². The fraction of sp³-hybridized carbons (Fsp3) is 0.381. The molecule has 2 aromatic rings. The molecule has 0 saturated heterocycles. The van der Waals surface area contributed by atoms with Gasteiger partial charge in [-0.15, -0.1) is 24.0 Å². The minimum Gasteiger partial charge on any atom is -0.352 e. The van der Waals surface area contributed by atoms with E-state index >= 15 is 0 Å². The van der Waals surface area contributed by atoms with Crippen molar-refractivity contribution in [1.29, 1.82) is 0 Å². The summed E-state index contributed by atoms with van der Waals surface area (Å²) in [7, 11) is -1.55. The summed E-state index contributed by atoms with van der Waals surface area (Å²) in [5, 5.41) is 6.40. The Morgan fingerprint density at radius 2 is 1.59 bits per heavy atom. The monoisotopic (exact) mass is 533 g/mol. The summed E-state index contributed by atoms with van der Waals surface area (Å²) < 4.78 is 36.9. The van der Waals surface area contributed by atoms with E-state index in [1.807, 2.05) is 0 Å². The molecule has 5 nitrogen and oxygen atoms in total. The topological polar surface area (TPSA) is 70.6 Å². The molecule has 0 amide bonds. The van der Waals surface area contributed by atoms with Crippen molar-refractivity contribution in [3.05, 3.63) is 69.5 Å². The Morgan fingerprint density at radius 1 is 1.00 bits per heavy atom. The molecule has 0 fully saturated rings. The van der Waals surface area contributed by atoms with Gasteiger partial charge >= 0.3 is 0 Å². The third-order valence-corrected chi connectivity index (χ3v) is 5.36. The van der Waals surface area contributed by atoms with Crippen molar-refractivity contribution in [2.45, 2.75) is 39.6 Å². The third-order valence-electron chi connectivity index (χ3n) is 4.53. The number of hydrogen-bond donors (Lipinski definition) is 2. The van der Waals surface area contributed by atoms with Gasteiger partial charge in [0.25, 0.3) is 0 Å². The molecule has 0 aliphatic carbocycles. The van der Waals surface area contributed by atoms with Gasteiger partial charge in [0.15, 0.2) is 15.8 Å². The van der Waals surface area contributed by atoms with Crippen LogP contribution in [0.25, 0.3) is 0 Å². The third kappa shape index (κ3) is 7.93. The average Bonchev–Trinajstić information content (AvgIpc) is 2.57. The first-order chi connectivity index (χ1) is 13.1. The zero-order valence-corrected chi connectivity index (χ0v) is 20.6. The molecule has 2 aromatic carbocycles. The molecule has 0 saturated carbocycles. The Kier molecular flexibility index (Phi) is 9.54. The fourth-order valence-corrected chi connectivity index (χ4v) is 4.09. The van der Waals surface area contributed by atoms with E-state index < -0.39 is 15.7 Å². The molecule has 0 radical (unpaired) electrons. The zero-order chi connectivity index (χ0) is 20.9. The van der Waals surface area contributed by atoms with Crippen LogP contribution in [-0.2, 0) is 28.7 Å². The van der Waals surface area contributed by atoms with Crippen LogP contribution in [0.1, 0.15) is 33.4 Å². The molecule has 0 bridgehead atoms. The van der Waals surface area contributed by atoms with Crippen molar-refractivity contribution in [1.82, 2.24) is 10.6 Å². The van der Waals surface area contributed by atoms with Crippen LogP contribution < -0.4 is 10.6 Å². The molecule has 0 atom stereocenters. The Balaban J connectivity index is 0.00000420. The molecule has 0 heterocycles. The number of aryl methyl sites for hydroxylation is 3. The Hall–Kier alpha value is -1.68. The molecule has 0 aromatic heterocycles. The lowest BCUT2D eigenvalue weighted by Crippen LogP contribution is -2.37. The van der Waals surface area contributed by atoms with Crippen LogP contribution in [0.3, 0.4) is 0 Å². The van der Waals surface area contributed by atoms with Crippen LogP contribution in [0.5, 0.6) is 0 Å². The molecule has 2 rings (SSSR count). The lowest BCUT2D eigenvalue weighted by Gasteiger charge is -2.16. The number of halogens is 2. The van der Waals surface area contributed by atoms with Gasteiger partial charge in [0.1, 0.15) is 5.82 Å². The van der Waals surface area contributed by atoms with E-state index in [0.29, 0.717) is 23.6 Å². The van der Waals surface area contributed by atoms with Gasteiger partial charge in [-0.25, -0.2) is 12.8 Å². The zero-order valence-electron chi connectivity index (χ0n) is 17.5. The highest BCUT2D eigenvalue weighted by Gasteiger charge is 2.11. The fourth-order valence-electron chi connectivity index (χ4n) is 3.24. The molecule has 8 heteroatoms. The molecule has 0 unspecified atom stereocenters. The Bertz CT molecular complexity index is 968. The quantitative estimate of drug-likeness (QED) is 0.337. The van der Waals surface area contributed by atoms with Crippen molar-refractivity contribution in [2.75, 3.05) is 13.3 Å². The minimum atomic E-state index is -3.21. The van der Waals surface area contributed by atoms with E-state index in [0.717, 1.165) is 0 Å². The smallest absolute Gasteiger partial charge is 0.191 e. The van der Waals surface area contributed by atoms with Crippen molar-refractivity contribution in [3.8, 4) is 0 Å². The van der Waals surface area contributed by atoms with Crippen LogP contribution >= 0.6 is 24.0 Å². The average molecular weight is 533 g/mol. The second-order valence-electron chi connectivity index (χ2n) is 7.14. The van der Waals surface area contributed by atoms with Gasteiger partial charge in [-0.05, 0) is 60.7 Å². The summed E-state index contributed by atoms with van der Waals surface area (Å²) >= 11 is 0. The summed E-state index contributed by atoms with van der Waals surface area (Å²) in [4.78, 5) is 4.20. The van der Waals surface area contributed by atoms with E-state index in [4.69, 9.17) is 0 Å². The van der Waals surface area contributed by atoms with Crippen molar-refractivity contribution in [3.63, 3.8) is 0 Å². The van der Waals surface area contributed by atoms with Gasteiger partial charge in [0, 0.05) is 26.4 Å². The van der Waals surface area contributed by atoms with Crippen LogP contribution in [0.2, 0.25) is 0 Å². The molecule has 29 heavy (non-hydrogen) atoms. The summed E-state index contributed by atoms with van der Waals surface area (Å²) in [6, 6.07) is 8.44. The number of nitrogens with zero attached hydrogens (tertiary/aromatic N) is 1. The van der Waals surface area contributed by atoms with Crippen LogP contribution in [0.15, 0.2) is 35.3 Å². The molecular formula is C21H29FIN3O2S. The highest BCUT2D eigenvalue weighted by molar-refractivity contribution is 14.0. The predicted octanol–water partition coefficient (Wildman–Crippen LogP) is 3.78. The van der Waals surface area contributed by atoms with E-state index in [9.17, 15) is 12.8 Å². The molecular weight excluding hydrogens is 504 g/mol. The first-order valence-electron chi connectivity index (χ1n) is 9.05. The van der Waals surface area contributed by atoms with Crippen LogP contribution in [0.4, 0.5) is 4.39 Å². The predicted molar refractivity (Wildman–Crippen MR) is 128 cm³/mol. The number of guanidine groups is 1. The lowest BCUT2D eigenvalue weighted by atomic mass is 10.00. The molecule has 0 aliphatic rings. The van der Waals surface area contributed by atoms with E-state index in [2.05, 4.69) is 48.5 Å². The number of rotatable bonds is 6. The number of sulfone groups is 1. The highest BCUT2D eigenvalue weighted by Crippen LogP contribution is 2.16. The highest BCUT2D eigenvalue weighted by atomic mass is 127. The normalized spacial score (nSPS) is 11.7. The minimum absolute atomic E-state index is 0. The lowest BCUT2D eigenvalue weighted by molar-refractivity contribution is 0.599. The number of nitrogens with one attached hydrogen (secondary N) is 2. The maximum absolute atomic E-state index is 13.7. The first-order valence-corrected chi connectivity index (χ1v) is 11.1.